The van der Waals surface area contributed by atoms with Crippen molar-refractivity contribution in [3.8, 4) is 0 Å². The molecule has 0 saturated carbocycles. The smallest absolute Gasteiger partial charge is 0.177 e. The summed E-state index contributed by atoms with van der Waals surface area (Å²) in [5.74, 6) is -0.715. The van der Waals surface area contributed by atoms with Crippen molar-refractivity contribution in [2.24, 2.45) is 0 Å². The fourth-order valence-corrected chi connectivity index (χ4v) is 5.17. The molecular formula is C16H20O4S. The van der Waals surface area contributed by atoms with Crippen LogP contribution in [0.3, 0.4) is 0 Å². The van der Waals surface area contributed by atoms with Crippen molar-refractivity contribution in [1.29, 1.82) is 0 Å². The minimum atomic E-state index is -3.45. The normalized spacial score (nSPS) is 25.0. The molecule has 2 unspecified atom stereocenters. The van der Waals surface area contributed by atoms with Gasteiger partial charge in [-0.05, 0) is 49.8 Å². The molecule has 0 radical (unpaired) electrons. The molecule has 3 rings (SSSR count). The number of hydrogen-bond donors (Lipinski definition) is 0. The predicted molar refractivity (Wildman–Crippen MR) is 80.4 cm³/mol. The molecule has 1 heterocycles. The van der Waals surface area contributed by atoms with Crippen molar-refractivity contribution in [3.05, 3.63) is 34.9 Å². The number of fused-ring (bicyclic) bond motifs is 1. The maximum absolute atomic E-state index is 12.4. The topological polar surface area (TPSA) is 60.4 Å². The van der Waals surface area contributed by atoms with Crippen molar-refractivity contribution in [2.45, 2.75) is 44.0 Å². The Morgan fingerprint density at radius 3 is 2.76 bits per heavy atom. The Morgan fingerprint density at radius 2 is 2.05 bits per heavy atom. The summed E-state index contributed by atoms with van der Waals surface area (Å²) in [5, 5.41) is -0.545. The summed E-state index contributed by atoms with van der Waals surface area (Å²) in [7, 11) is -3.45. The number of ether oxygens (including phenoxy) is 1. The number of aryl methyl sites for hydroxylation is 2. The van der Waals surface area contributed by atoms with Gasteiger partial charge in [0, 0.05) is 12.2 Å². The van der Waals surface area contributed by atoms with Crippen LogP contribution in [-0.2, 0) is 27.4 Å². The molecule has 21 heavy (non-hydrogen) atoms. The molecule has 5 heteroatoms. The summed E-state index contributed by atoms with van der Waals surface area (Å²) < 4.78 is 30.0. The number of carbonyl (C=O) groups is 1. The van der Waals surface area contributed by atoms with Crippen molar-refractivity contribution < 1.29 is 17.9 Å². The van der Waals surface area contributed by atoms with Crippen LogP contribution in [-0.4, -0.2) is 37.9 Å². The van der Waals surface area contributed by atoms with Gasteiger partial charge in [0.05, 0.1) is 11.4 Å². The van der Waals surface area contributed by atoms with E-state index in [2.05, 4.69) is 0 Å². The number of ketones is 1. The van der Waals surface area contributed by atoms with Gasteiger partial charge in [0.1, 0.15) is 5.75 Å². The van der Waals surface area contributed by atoms with Gasteiger partial charge in [-0.3, -0.25) is 4.79 Å². The van der Waals surface area contributed by atoms with Gasteiger partial charge in [-0.25, -0.2) is 8.42 Å². The van der Waals surface area contributed by atoms with Gasteiger partial charge >= 0.3 is 0 Å². The Labute approximate surface area is 125 Å². The summed E-state index contributed by atoms with van der Waals surface area (Å²) in [6, 6.07) is 5.59. The lowest BCUT2D eigenvalue weighted by Crippen LogP contribution is -2.32. The van der Waals surface area contributed by atoms with Gasteiger partial charge in [0.2, 0.25) is 0 Å². The van der Waals surface area contributed by atoms with Crippen LogP contribution in [0.4, 0.5) is 0 Å². The summed E-state index contributed by atoms with van der Waals surface area (Å²) in [6.07, 6.45) is 3.32. The van der Waals surface area contributed by atoms with Gasteiger partial charge in [-0.1, -0.05) is 12.1 Å². The molecule has 1 aromatic rings. The Morgan fingerprint density at radius 1 is 1.29 bits per heavy atom. The highest BCUT2D eigenvalue weighted by Gasteiger charge is 2.37. The van der Waals surface area contributed by atoms with E-state index in [0.29, 0.717) is 18.6 Å². The van der Waals surface area contributed by atoms with E-state index in [9.17, 15) is 13.2 Å². The third-order valence-electron chi connectivity index (χ3n) is 4.52. The predicted octanol–water partition coefficient (Wildman–Crippen LogP) is 1.95. The van der Waals surface area contributed by atoms with E-state index in [0.717, 1.165) is 19.3 Å². The van der Waals surface area contributed by atoms with Gasteiger partial charge in [-0.15, -0.1) is 0 Å². The molecule has 2 aliphatic rings. The lowest BCUT2D eigenvalue weighted by atomic mass is 10.0. The van der Waals surface area contributed by atoms with Gasteiger partial charge in [0.25, 0.3) is 0 Å². The molecule has 1 aliphatic carbocycles. The monoisotopic (exact) mass is 308 g/mol. The average molecular weight is 308 g/mol. The van der Waals surface area contributed by atoms with Crippen LogP contribution in [0.1, 0.15) is 41.3 Å². The van der Waals surface area contributed by atoms with E-state index in [1.54, 1.807) is 13.0 Å². The summed E-state index contributed by atoms with van der Waals surface area (Å²) in [4.78, 5) is 12.3. The third-order valence-corrected chi connectivity index (χ3v) is 6.73. The molecule has 2 atom stereocenters. The Hall–Kier alpha value is -1.20. The standard InChI is InChI=1S/C16H20O4S/c1-11-16(7-8-20-11)21(18,19)10-15(17)14-6-5-12-3-2-4-13(12)9-14/h5-6,9,11,16H,2-4,7-8,10H2,1H3. The molecular weight excluding hydrogens is 288 g/mol. The van der Waals surface area contributed by atoms with Crippen molar-refractivity contribution in [1.82, 2.24) is 0 Å². The summed E-state index contributed by atoms with van der Waals surface area (Å²) in [5.41, 5.74) is 2.99. The first kappa shape index (κ1) is 14.7. The molecule has 0 bridgehead atoms. The van der Waals surface area contributed by atoms with E-state index < -0.39 is 20.8 Å². The van der Waals surface area contributed by atoms with E-state index in [1.165, 1.54) is 11.1 Å². The van der Waals surface area contributed by atoms with Gasteiger partial charge in [-0.2, -0.15) is 0 Å². The third kappa shape index (κ3) is 2.90. The number of hydrogen-bond acceptors (Lipinski definition) is 4. The fraction of sp³-hybridized carbons (Fsp3) is 0.562. The van der Waals surface area contributed by atoms with Crippen LogP contribution in [0.5, 0.6) is 0 Å². The molecule has 0 spiro atoms. The Kier molecular flexibility index (Phi) is 3.88. The zero-order chi connectivity index (χ0) is 15.0. The average Bonchev–Trinajstić information content (AvgIpc) is 3.05. The van der Waals surface area contributed by atoms with E-state index in [1.807, 2.05) is 12.1 Å². The van der Waals surface area contributed by atoms with Gasteiger partial charge in [0.15, 0.2) is 15.6 Å². The number of sulfone groups is 1. The van der Waals surface area contributed by atoms with Crippen LogP contribution in [0.25, 0.3) is 0 Å². The molecule has 0 N–H and O–H groups in total. The maximum atomic E-state index is 12.4. The van der Waals surface area contributed by atoms with E-state index >= 15 is 0 Å². The lowest BCUT2D eigenvalue weighted by molar-refractivity contribution is 0.102. The number of rotatable bonds is 4. The Bertz CT molecular complexity index is 663. The minimum absolute atomic E-state index is 0.302. The van der Waals surface area contributed by atoms with Crippen LogP contribution in [0, 0.1) is 0 Å². The molecule has 0 aromatic heterocycles. The highest BCUT2D eigenvalue weighted by Crippen LogP contribution is 2.25. The second-order valence-electron chi connectivity index (χ2n) is 5.97. The molecule has 114 valence electrons. The highest BCUT2D eigenvalue weighted by molar-refractivity contribution is 7.92. The first-order valence-corrected chi connectivity index (χ1v) is 9.17. The molecule has 0 amide bonds. The molecule has 1 aromatic carbocycles. The zero-order valence-corrected chi connectivity index (χ0v) is 13.0. The minimum Gasteiger partial charge on any atom is -0.377 e. The molecule has 1 aliphatic heterocycles. The second kappa shape index (κ2) is 5.54. The summed E-state index contributed by atoms with van der Waals surface area (Å²) >= 11 is 0. The van der Waals surface area contributed by atoms with Crippen LogP contribution in [0.15, 0.2) is 18.2 Å². The first-order valence-electron chi connectivity index (χ1n) is 7.45. The van der Waals surface area contributed by atoms with E-state index in [4.69, 9.17) is 4.74 Å². The van der Waals surface area contributed by atoms with Crippen molar-refractivity contribution in [3.63, 3.8) is 0 Å². The van der Waals surface area contributed by atoms with Gasteiger partial charge < -0.3 is 4.74 Å². The van der Waals surface area contributed by atoms with Crippen LogP contribution < -0.4 is 0 Å². The number of carbonyl (C=O) groups excluding carboxylic acids is 1. The number of Topliss-reactive ketones (excluding diaryl/α,β-unsaturated/α-hetero) is 1. The molecule has 1 saturated heterocycles. The quantitative estimate of drug-likeness (QED) is 0.798. The number of benzene rings is 1. The highest BCUT2D eigenvalue weighted by atomic mass is 32.2. The Balaban J connectivity index is 1.77. The van der Waals surface area contributed by atoms with Crippen LogP contribution >= 0.6 is 0 Å². The maximum Gasteiger partial charge on any atom is 0.177 e. The largest absolute Gasteiger partial charge is 0.377 e. The lowest BCUT2D eigenvalue weighted by Gasteiger charge is -2.14. The molecule has 1 fully saturated rings. The summed E-state index contributed by atoms with van der Waals surface area (Å²) in [6.45, 7) is 2.22. The second-order valence-corrected chi connectivity index (χ2v) is 8.19. The van der Waals surface area contributed by atoms with Crippen molar-refractivity contribution >= 4 is 15.6 Å². The zero-order valence-electron chi connectivity index (χ0n) is 12.2. The SMILES string of the molecule is CC1OCCC1S(=O)(=O)CC(=O)c1ccc2c(c1)CCC2. The van der Waals surface area contributed by atoms with Crippen molar-refractivity contribution in [2.75, 3.05) is 12.4 Å². The van der Waals surface area contributed by atoms with Crippen LogP contribution in [0.2, 0.25) is 0 Å². The first-order chi connectivity index (χ1) is 9.97. The fourth-order valence-electron chi connectivity index (χ4n) is 3.30. The molecule has 4 nitrogen and oxygen atoms in total. The van der Waals surface area contributed by atoms with E-state index in [-0.39, 0.29) is 11.9 Å².